The molecule has 1 saturated heterocycles. The molecule has 1 aliphatic rings. The second-order valence-electron chi connectivity index (χ2n) is 6.61. The van der Waals surface area contributed by atoms with Crippen molar-refractivity contribution in [2.24, 2.45) is 5.73 Å². The monoisotopic (exact) mass is 388 g/mol. The van der Waals surface area contributed by atoms with Crippen LogP contribution >= 0.6 is 11.8 Å². The second kappa shape index (κ2) is 8.43. The molecule has 144 valence electrons. The molecule has 2 aromatic rings. The van der Waals surface area contributed by atoms with E-state index in [1.165, 1.54) is 18.2 Å². The van der Waals surface area contributed by atoms with Crippen LogP contribution in [0.15, 0.2) is 29.4 Å². The molecule has 0 bridgehead atoms. The Hall–Kier alpha value is -2.55. The van der Waals surface area contributed by atoms with Crippen molar-refractivity contribution in [3.63, 3.8) is 0 Å². The van der Waals surface area contributed by atoms with Crippen molar-refractivity contribution >= 4 is 29.6 Å². The summed E-state index contributed by atoms with van der Waals surface area (Å²) in [6.07, 6.45) is 3.47. The maximum absolute atomic E-state index is 12.1. The van der Waals surface area contributed by atoms with Gasteiger partial charge in [0.1, 0.15) is 0 Å². The average Bonchev–Trinajstić information content (AvgIpc) is 3.06. The number of amides is 3. The van der Waals surface area contributed by atoms with Gasteiger partial charge in [-0.1, -0.05) is 29.5 Å². The number of urea groups is 1. The zero-order chi connectivity index (χ0) is 19.4. The summed E-state index contributed by atoms with van der Waals surface area (Å²) in [5.74, 6) is 0.328. The van der Waals surface area contributed by atoms with Crippen LogP contribution in [0, 0.1) is 6.92 Å². The molecule has 3 amide bonds. The Kier molecular flexibility index (Phi) is 6.00. The van der Waals surface area contributed by atoms with E-state index in [1.54, 1.807) is 6.92 Å². The third-order valence-corrected chi connectivity index (χ3v) is 5.49. The van der Waals surface area contributed by atoms with E-state index in [-0.39, 0.29) is 0 Å². The number of primary amides is 1. The van der Waals surface area contributed by atoms with Crippen molar-refractivity contribution in [2.75, 3.05) is 18.0 Å². The van der Waals surface area contributed by atoms with Gasteiger partial charge in [-0.15, -0.1) is 10.2 Å². The SMILES string of the molecule is Cc1ccc(-n2c(SC(C)C(=O)NC(N)=O)nnc2N2CCCCC2)cc1. The number of nitrogens with zero attached hydrogens (tertiary/aromatic N) is 4. The highest BCUT2D eigenvalue weighted by Gasteiger charge is 2.25. The Bertz CT molecular complexity index is 814. The average molecular weight is 388 g/mol. The fourth-order valence-corrected chi connectivity index (χ4v) is 3.85. The van der Waals surface area contributed by atoms with Crippen molar-refractivity contribution in [1.29, 1.82) is 0 Å². The van der Waals surface area contributed by atoms with Gasteiger partial charge in [-0.25, -0.2) is 4.79 Å². The number of nitrogens with two attached hydrogens (primary N) is 1. The van der Waals surface area contributed by atoms with Crippen LogP contribution in [0.25, 0.3) is 5.69 Å². The Labute approximate surface area is 162 Å². The summed E-state index contributed by atoms with van der Waals surface area (Å²) in [5.41, 5.74) is 7.14. The van der Waals surface area contributed by atoms with Crippen molar-refractivity contribution in [3.05, 3.63) is 29.8 Å². The van der Waals surface area contributed by atoms with Gasteiger partial charge in [-0.3, -0.25) is 14.7 Å². The highest BCUT2D eigenvalue weighted by atomic mass is 32.2. The van der Waals surface area contributed by atoms with Crippen molar-refractivity contribution < 1.29 is 9.59 Å². The van der Waals surface area contributed by atoms with E-state index >= 15 is 0 Å². The summed E-state index contributed by atoms with van der Waals surface area (Å²) in [4.78, 5) is 25.2. The maximum Gasteiger partial charge on any atom is 0.318 e. The zero-order valence-electron chi connectivity index (χ0n) is 15.5. The maximum atomic E-state index is 12.1. The van der Waals surface area contributed by atoms with Gasteiger partial charge >= 0.3 is 6.03 Å². The Morgan fingerprint density at radius 3 is 2.44 bits per heavy atom. The van der Waals surface area contributed by atoms with Crippen molar-refractivity contribution in [1.82, 2.24) is 20.1 Å². The molecule has 9 heteroatoms. The fourth-order valence-electron chi connectivity index (χ4n) is 2.99. The Morgan fingerprint density at radius 1 is 1.15 bits per heavy atom. The van der Waals surface area contributed by atoms with Crippen LogP contribution in [0.5, 0.6) is 0 Å². The number of aryl methyl sites for hydroxylation is 1. The van der Waals surface area contributed by atoms with E-state index in [1.807, 2.05) is 35.8 Å². The van der Waals surface area contributed by atoms with Crippen LogP contribution < -0.4 is 16.0 Å². The molecule has 3 N–H and O–H groups in total. The van der Waals surface area contributed by atoms with Gasteiger partial charge in [0.25, 0.3) is 0 Å². The first kappa shape index (κ1) is 19.2. The molecule has 1 unspecified atom stereocenters. The molecule has 1 fully saturated rings. The van der Waals surface area contributed by atoms with E-state index in [4.69, 9.17) is 5.73 Å². The van der Waals surface area contributed by atoms with E-state index < -0.39 is 17.2 Å². The molecule has 0 aliphatic carbocycles. The summed E-state index contributed by atoms with van der Waals surface area (Å²) < 4.78 is 1.98. The summed E-state index contributed by atoms with van der Waals surface area (Å²) >= 11 is 1.25. The lowest BCUT2D eigenvalue weighted by Gasteiger charge is -2.28. The van der Waals surface area contributed by atoms with Gasteiger partial charge < -0.3 is 10.6 Å². The molecular formula is C18H24N6O2S. The van der Waals surface area contributed by atoms with Gasteiger partial charge in [0.2, 0.25) is 11.9 Å². The number of aromatic nitrogens is 3. The highest BCUT2D eigenvalue weighted by molar-refractivity contribution is 8.00. The van der Waals surface area contributed by atoms with E-state index in [0.29, 0.717) is 5.16 Å². The minimum absolute atomic E-state index is 0.453. The third-order valence-electron chi connectivity index (χ3n) is 4.45. The molecule has 0 spiro atoms. The van der Waals surface area contributed by atoms with E-state index in [0.717, 1.165) is 43.1 Å². The standard InChI is InChI=1S/C18H24N6O2S/c1-12-6-8-14(9-7-12)24-17(23-10-4-3-5-11-23)21-22-18(24)27-13(2)15(25)20-16(19)26/h6-9,13H,3-5,10-11H2,1-2H3,(H3,19,20,25,26). The van der Waals surface area contributed by atoms with Crippen LogP contribution in [0.2, 0.25) is 0 Å². The molecule has 0 radical (unpaired) electrons. The molecule has 2 heterocycles. The van der Waals surface area contributed by atoms with Crippen molar-refractivity contribution in [2.45, 2.75) is 43.5 Å². The minimum Gasteiger partial charge on any atom is -0.351 e. The lowest BCUT2D eigenvalue weighted by molar-refractivity contribution is -0.119. The summed E-state index contributed by atoms with van der Waals surface area (Å²) in [7, 11) is 0. The van der Waals surface area contributed by atoms with Crippen LogP contribution in [0.3, 0.4) is 0 Å². The predicted octanol–water partition coefficient (Wildman–Crippen LogP) is 2.24. The number of hydrogen-bond acceptors (Lipinski definition) is 6. The Morgan fingerprint density at radius 2 is 1.81 bits per heavy atom. The number of piperidine rings is 1. The molecule has 1 aromatic heterocycles. The Balaban J connectivity index is 1.93. The quantitative estimate of drug-likeness (QED) is 0.761. The van der Waals surface area contributed by atoms with Crippen LogP contribution in [0.1, 0.15) is 31.7 Å². The van der Waals surface area contributed by atoms with E-state index in [2.05, 4.69) is 20.4 Å². The number of imide groups is 1. The number of hydrogen-bond donors (Lipinski definition) is 2. The van der Waals surface area contributed by atoms with Crippen molar-refractivity contribution in [3.8, 4) is 5.69 Å². The number of rotatable bonds is 5. The van der Waals surface area contributed by atoms with Crippen LogP contribution in [0.4, 0.5) is 10.7 Å². The molecular weight excluding hydrogens is 364 g/mol. The molecule has 1 atom stereocenters. The number of benzene rings is 1. The summed E-state index contributed by atoms with van der Waals surface area (Å²) in [6, 6.07) is 7.25. The molecule has 1 aliphatic heterocycles. The number of thioether (sulfide) groups is 1. The van der Waals surface area contributed by atoms with Gasteiger partial charge in [-0.2, -0.15) is 0 Å². The highest BCUT2D eigenvalue weighted by Crippen LogP contribution is 2.30. The number of carbonyl (C=O) groups is 2. The van der Waals surface area contributed by atoms with Gasteiger partial charge in [-0.05, 0) is 45.2 Å². The van der Waals surface area contributed by atoms with Crippen LogP contribution in [-0.4, -0.2) is 45.0 Å². The van der Waals surface area contributed by atoms with Gasteiger partial charge in [0.15, 0.2) is 5.16 Å². The molecule has 1 aromatic carbocycles. The molecule has 27 heavy (non-hydrogen) atoms. The fraction of sp³-hybridized carbons (Fsp3) is 0.444. The first-order valence-electron chi connectivity index (χ1n) is 9.00. The number of carbonyl (C=O) groups excluding carboxylic acids is 2. The predicted molar refractivity (Wildman–Crippen MR) is 105 cm³/mol. The van der Waals surface area contributed by atoms with Crippen LogP contribution in [-0.2, 0) is 4.79 Å². The topological polar surface area (TPSA) is 106 Å². The normalized spacial score (nSPS) is 15.4. The third kappa shape index (κ3) is 4.60. The first-order valence-corrected chi connectivity index (χ1v) is 9.88. The number of anilines is 1. The summed E-state index contributed by atoms with van der Waals surface area (Å²) in [5, 5.41) is 10.9. The molecule has 3 rings (SSSR count). The molecule has 8 nitrogen and oxygen atoms in total. The lowest BCUT2D eigenvalue weighted by Crippen LogP contribution is -2.39. The van der Waals surface area contributed by atoms with E-state index in [9.17, 15) is 9.59 Å². The smallest absolute Gasteiger partial charge is 0.318 e. The number of nitrogens with one attached hydrogen (secondary N) is 1. The lowest BCUT2D eigenvalue weighted by atomic mass is 10.1. The first-order chi connectivity index (χ1) is 13.0. The second-order valence-corrected chi connectivity index (χ2v) is 7.92. The largest absolute Gasteiger partial charge is 0.351 e. The minimum atomic E-state index is -0.860. The van der Waals surface area contributed by atoms with Gasteiger partial charge in [0, 0.05) is 13.1 Å². The zero-order valence-corrected chi connectivity index (χ0v) is 16.3. The van der Waals surface area contributed by atoms with Gasteiger partial charge in [0.05, 0.1) is 10.9 Å². The molecule has 0 saturated carbocycles. The summed E-state index contributed by atoms with van der Waals surface area (Å²) in [6.45, 7) is 5.61.